The highest BCUT2D eigenvalue weighted by Crippen LogP contribution is 2.40. The number of hydrogen-bond donors (Lipinski definition) is 2. The van der Waals surface area contributed by atoms with Gasteiger partial charge in [0.2, 0.25) is 0 Å². The van der Waals surface area contributed by atoms with Gasteiger partial charge < -0.3 is 10.4 Å². The Balaban J connectivity index is 1.93. The Bertz CT molecular complexity index is 120. The minimum Gasteiger partial charge on any atom is -0.396 e. The fraction of sp³-hybridized carbons (Fsp3) is 1.00. The van der Waals surface area contributed by atoms with Gasteiger partial charge in [-0.25, -0.2) is 0 Å². The van der Waals surface area contributed by atoms with Gasteiger partial charge in [0.05, 0.1) is 0 Å². The first-order valence-electron chi connectivity index (χ1n) is 3.71. The van der Waals surface area contributed by atoms with Gasteiger partial charge in [0.25, 0.3) is 0 Å². The Morgan fingerprint density at radius 2 is 2.44 bits per heavy atom. The molecule has 52 valence electrons. The minimum atomic E-state index is 0.392. The van der Waals surface area contributed by atoms with Crippen molar-refractivity contribution in [2.24, 2.45) is 5.92 Å². The van der Waals surface area contributed by atoms with Gasteiger partial charge >= 0.3 is 0 Å². The monoisotopic (exact) mass is 127 g/mol. The SMILES string of the molecule is OCC1CC[C@@]2(CN2)C1. The van der Waals surface area contributed by atoms with E-state index < -0.39 is 0 Å². The molecule has 9 heavy (non-hydrogen) atoms. The molecule has 2 rings (SSSR count). The van der Waals surface area contributed by atoms with Crippen LogP contribution in [0.2, 0.25) is 0 Å². The van der Waals surface area contributed by atoms with Crippen LogP contribution in [-0.2, 0) is 0 Å². The second-order valence-electron chi connectivity index (χ2n) is 3.43. The molecule has 2 nitrogen and oxygen atoms in total. The van der Waals surface area contributed by atoms with Crippen molar-refractivity contribution in [2.45, 2.75) is 24.8 Å². The summed E-state index contributed by atoms with van der Waals surface area (Å²) in [6, 6.07) is 0. The number of nitrogens with one attached hydrogen (secondary N) is 1. The first-order valence-corrected chi connectivity index (χ1v) is 3.71. The van der Waals surface area contributed by atoms with Gasteiger partial charge in [0, 0.05) is 18.7 Å². The first kappa shape index (κ1) is 5.69. The number of hydrogen-bond acceptors (Lipinski definition) is 2. The van der Waals surface area contributed by atoms with Gasteiger partial charge in [0.1, 0.15) is 0 Å². The lowest BCUT2D eigenvalue weighted by Gasteiger charge is -2.02. The van der Waals surface area contributed by atoms with Crippen LogP contribution in [0.3, 0.4) is 0 Å². The van der Waals surface area contributed by atoms with Crippen LogP contribution in [0.25, 0.3) is 0 Å². The third kappa shape index (κ3) is 0.864. The molecule has 1 heterocycles. The molecule has 0 bridgehead atoms. The maximum atomic E-state index is 8.80. The van der Waals surface area contributed by atoms with E-state index in [0.29, 0.717) is 18.1 Å². The van der Waals surface area contributed by atoms with E-state index in [2.05, 4.69) is 5.32 Å². The molecular weight excluding hydrogens is 114 g/mol. The number of aliphatic hydroxyl groups is 1. The molecule has 1 saturated carbocycles. The Morgan fingerprint density at radius 1 is 1.67 bits per heavy atom. The average molecular weight is 127 g/mol. The zero-order valence-electron chi connectivity index (χ0n) is 5.56. The van der Waals surface area contributed by atoms with Crippen molar-refractivity contribution < 1.29 is 5.11 Å². The molecule has 1 unspecified atom stereocenters. The summed E-state index contributed by atoms with van der Waals surface area (Å²) in [6.07, 6.45) is 3.73. The summed E-state index contributed by atoms with van der Waals surface area (Å²) >= 11 is 0. The highest BCUT2D eigenvalue weighted by Gasteiger charge is 2.47. The Hall–Kier alpha value is -0.0800. The lowest BCUT2D eigenvalue weighted by atomic mass is 10.1. The summed E-state index contributed by atoms with van der Waals surface area (Å²) in [5.74, 6) is 0.597. The largest absolute Gasteiger partial charge is 0.396 e. The van der Waals surface area contributed by atoms with Crippen LogP contribution in [0, 0.1) is 5.92 Å². The second-order valence-corrected chi connectivity index (χ2v) is 3.43. The molecule has 1 spiro atoms. The van der Waals surface area contributed by atoms with E-state index in [1.54, 1.807) is 0 Å². The lowest BCUT2D eigenvalue weighted by molar-refractivity contribution is 0.228. The van der Waals surface area contributed by atoms with Crippen LogP contribution in [0.15, 0.2) is 0 Å². The standard InChI is InChI=1S/C7H13NO/c9-4-6-1-2-7(3-6)5-8-7/h6,8-9H,1-5H2/t6?,7-/m0/s1. The summed E-state index contributed by atoms with van der Waals surface area (Å²) in [7, 11) is 0. The molecule has 2 fully saturated rings. The molecule has 0 aromatic carbocycles. The molecule has 2 atom stereocenters. The van der Waals surface area contributed by atoms with Crippen molar-refractivity contribution in [2.75, 3.05) is 13.2 Å². The fourth-order valence-corrected chi connectivity index (χ4v) is 1.84. The van der Waals surface area contributed by atoms with E-state index in [-0.39, 0.29) is 0 Å². The van der Waals surface area contributed by atoms with E-state index in [1.165, 1.54) is 25.8 Å². The van der Waals surface area contributed by atoms with E-state index in [4.69, 9.17) is 5.11 Å². The van der Waals surface area contributed by atoms with Gasteiger partial charge in [0.15, 0.2) is 0 Å². The zero-order valence-corrected chi connectivity index (χ0v) is 5.56. The van der Waals surface area contributed by atoms with Crippen molar-refractivity contribution in [1.82, 2.24) is 5.32 Å². The molecular formula is C7H13NO. The molecule has 0 aromatic rings. The summed E-state index contributed by atoms with van der Waals surface area (Å²) < 4.78 is 0. The van der Waals surface area contributed by atoms with Crippen molar-refractivity contribution in [3.8, 4) is 0 Å². The van der Waals surface area contributed by atoms with Crippen LogP contribution < -0.4 is 5.32 Å². The molecule has 2 N–H and O–H groups in total. The predicted molar refractivity (Wildman–Crippen MR) is 35.2 cm³/mol. The average Bonchev–Trinajstić information content (AvgIpc) is 2.44. The lowest BCUT2D eigenvalue weighted by Crippen LogP contribution is -2.10. The third-order valence-corrected chi connectivity index (χ3v) is 2.65. The van der Waals surface area contributed by atoms with Crippen molar-refractivity contribution in [3.63, 3.8) is 0 Å². The van der Waals surface area contributed by atoms with Crippen LogP contribution in [0.1, 0.15) is 19.3 Å². The molecule has 0 radical (unpaired) electrons. The van der Waals surface area contributed by atoms with Gasteiger partial charge in [-0.05, 0) is 25.2 Å². The van der Waals surface area contributed by atoms with Gasteiger partial charge in [-0.2, -0.15) is 0 Å². The predicted octanol–water partition coefficient (Wildman–Crippen LogP) is 0.121. The fourth-order valence-electron chi connectivity index (χ4n) is 1.84. The Morgan fingerprint density at radius 3 is 2.78 bits per heavy atom. The topological polar surface area (TPSA) is 42.2 Å². The molecule has 1 saturated heterocycles. The molecule has 0 aromatic heterocycles. The summed E-state index contributed by atoms with van der Waals surface area (Å²) in [6.45, 7) is 1.59. The summed E-state index contributed by atoms with van der Waals surface area (Å²) in [5.41, 5.74) is 0.507. The maximum Gasteiger partial charge on any atom is 0.0459 e. The van der Waals surface area contributed by atoms with E-state index in [1.807, 2.05) is 0 Å². The first-order chi connectivity index (χ1) is 4.35. The van der Waals surface area contributed by atoms with Crippen molar-refractivity contribution in [3.05, 3.63) is 0 Å². The molecule has 2 aliphatic rings. The second kappa shape index (κ2) is 1.70. The van der Waals surface area contributed by atoms with Crippen molar-refractivity contribution >= 4 is 0 Å². The number of rotatable bonds is 1. The van der Waals surface area contributed by atoms with E-state index in [0.717, 1.165) is 0 Å². The van der Waals surface area contributed by atoms with Gasteiger partial charge in [-0.3, -0.25) is 0 Å². The van der Waals surface area contributed by atoms with Gasteiger partial charge in [-0.15, -0.1) is 0 Å². The third-order valence-electron chi connectivity index (χ3n) is 2.65. The molecule has 1 aliphatic heterocycles. The molecule has 0 amide bonds. The normalized spacial score (nSPS) is 48.3. The smallest absolute Gasteiger partial charge is 0.0459 e. The summed E-state index contributed by atoms with van der Waals surface area (Å²) in [5, 5.41) is 12.2. The minimum absolute atomic E-state index is 0.392. The number of aliphatic hydroxyl groups excluding tert-OH is 1. The molecule has 1 aliphatic carbocycles. The van der Waals surface area contributed by atoms with Gasteiger partial charge in [-0.1, -0.05) is 0 Å². The highest BCUT2D eigenvalue weighted by atomic mass is 16.3. The van der Waals surface area contributed by atoms with Crippen molar-refractivity contribution in [1.29, 1.82) is 0 Å². The zero-order chi connectivity index (χ0) is 6.32. The van der Waals surface area contributed by atoms with Crippen LogP contribution in [-0.4, -0.2) is 23.8 Å². The Labute approximate surface area is 55.3 Å². The quantitative estimate of drug-likeness (QED) is 0.491. The van der Waals surface area contributed by atoms with Crippen LogP contribution in [0.4, 0.5) is 0 Å². The Kier molecular flexibility index (Phi) is 1.08. The molecule has 2 heteroatoms. The maximum absolute atomic E-state index is 8.80. The van der Waals surface area contributed by atoms with E-state index in [9.17, 15) is 0 Å². The van der Waals surface area contributed by atoms with Crippen LogP contribution >= 0.6 is 0 Å². The van der Waals surface area contributed by atoms with E-state index >= 15 is 0 Å². The summed E-state index contributed by atoms with van der Waals surface area (Å²) in [4.78, 5) is 0. The van der Waals surface area contributed by atoms with Crippen LogP contribution in [0.5, 0.6) is 0 Å². The highest BCUT2D eigenvalue weighted by molar-refractivity contribution is 5.08.